The Kier molecular flexibility index (Phi) is 2.31. The van der Waals surface area contributed by atoms with E-state index in [2.05, 4.69) is 0 Å². The van der Waals surface area contributed by atoms with Gasteiger partial charge in [0.15, 0.2) is 0 Å². The summed E-state index contributed by atoms with van der Waals surface area (Å²) in [5.74, 6) is 0.306. The van der Waals surface area contributed by atoms with Gasteiger partial charge in [0.1, 0.15) is 0 Å². The van der Waals surface area contributed by atoms with Crippen molar-refractivity contribution in [1.29, 1.82) is 0 Å². The Morgan fingerprint density at radius 1 is 1.38 bits per heavy atom. The van der Waals surface area contributed by atoms with Crippen LogP contribution in [0.25, 0.3) is 0 Å². The molecule has 0 N–H and O–H groups in total. The van der Waals surface area contributed by atoms with Crippen molar-refractivity contribution in [2.75, 3.05) is 6.61 Å². The van der Waals surface area contributed by atoms with Gasteiger partial charge in [-0.05, 0) is 38.0 Å². The Bertz CT molecular complexity index is 206. The van der Waals surface area contributed by atoms with Crippen molar-refractivity contribution in [3.05, 3.63) is 0 Å². The molecule has 13 heavy (non-hydrogen) atoms. The normalized spacial score (nSPS) is 30.1. The summed E-state index contributed by atoms with van der Waals surface area (Å²) >= 11 is 0. The molecule has 0 heterocycles. The molecule has 1 spiro atoms. The van der Waals surface area contributed by atoms with Gasteiger partial charge in [-0.3, -0.25) is 4.79 Å². The second-order valence-electron chi connectivity index (χ2n) is 4.41. The average Bonchev–Trinajstić information content (AvgIpc) is 2.87. The molecule has 2 nitrogen and oxygen atoms in total. The first-order chi connectivity index (χ1) is 6.28. The van der Waals surface area contributed by atoms with Crippen molar-refractivity contribution >= 4 is 5.97 Å². The van der Waals surface area contributed by atoms with E-state index >= 15 is 0 Å². The van der Waals surface area contributed by atoms with Crippen LogP contribution >= 0.6 is 0 Å². The molecule has 0 saturated heterocycles. The molecule has 2 saturated carbocycles. The minimum Gasteiger partial charge on any atom is -0.466 e. The molecule has 0 aromatic heterocycles. The number of rotatable bonds is 2. The van der Waals surface area contributed by atoms with Gasteiger partial charge in [0, 0.05) is 0 Å². The van der Waals surface area contributed by atoms with Crippen LogP contribution in [0, 0.1) is 11.3 Å². The number of ether oxygens (including phenoxy) is 1. The zero-order valence-corrected chi connectivity index (χ0v) is 8.34. The van der Waals surface area contributed by atoms with E-state index in [4.69, 9.17) is 4.74 Å². The predicted octanol–water partition coefficient (Wildman–Crippen LogP) is 2.52. The Labute approximate surface area is 79.7 Å². The minimum atomic E-state index is 0.0692. The highest BCUT2D eigenvalue weighted by molar-refractivity contribution is 5.74. The van der Waals surface area contributed by atoms with Gasteiger partial charge in [-0.1, -0.05) is 12.8 Å². The van der Waals surface area contributed by atoms with E-state index in [1.54, 1.807) is 0 Å². The summed E-state index contributed by atoms with van der Waals surface area (Å²) in [6.07, 6.45) is 7.38. The fourth-order valence-corrected chi connectivity index (χ4v) is 2.68. The van der Waals surface area contributed by atoms with Gasteiger partial charge in [0.2, 0.25) is 0 Å². The van der Waals surface area contributed by atoms with Crippen molar-refractivity contribution in [2.24, 2.45) is 11.3 Å². The lowest BCUT2D eigenvalue weighted by atomic mass is 9.76. The van der Waals surface area contributed by atoms with Gasteiger partial charge in [-0.15, -0.1) is 0 Å². The van der Waals surface area contributed by atoms with E-state index in [1.807, 2.05) is 6.92 Å². The summed E-state index contributed by atoms with van der Waals surface area (Å²) in [7, 11) is 0. The highest BCUT2D eigenvalue weighted by Crippen LogP contribution is 2.59. The maximum absolute atomic E-state index is 11.6. The molecule has 1 atom stereocenters. The lowest BCUT2D eigenvalue weighted by molar-refractivity contribution is -0.152. The Morgan fingerprint density at radius 3 is 2.77 bits per heavy atom. The highest BCUT2D eigenvalue weighted by atomic mass is 16.5. The molecule has 2 aliphatic carbocycles. The lowest BCUT2D eigenvalue weighted by Crippen LogP contribution is -2.30. The van der Waals surface area contributed by atoms with Crippen LogP contribution < -0.4 is 0 Å². The molecular weight excluding hydrogens is 164 g/mol. The van der Waals surface area contributed by atoms with Gasteiger partial charge >= 0.3 is 5.97 Å². The second-order valence-corrected chi connectivity index (χ2v) is 4.41. The van der Waals surface area contributed by atoms with Crippen molar-refractivity contribution in [3.63, 3.8) is 0 Å². The van der Waals surface area contributed by atoms with Crippen LogP contribution in [0.5, 0.6) is 0 Å². The van der Waals surface area contributed by atoms with E-state index in [1.165, 1.54) is 32.1 Å². The smallest absolute Gasteiger partial charge is 0.309 e. The molecule has 0 aliphatic heterocycles. The maximum atomic E-state index is 11.6. The van der Waals surface area contributed by atoms with Gasteiger partial charge in [0.05, 0.1) is 12.5 Å². The number of hydrogen-bond acceptors (Lipinski definition) is 2. The standard InChI is InChI=1S/C11H18O2/c1-2-13-10(12)9-5-3-4-6-11(9)7-8-11/h9H,2-8H2,1H3/t9-/m0/s1. The Hall–Kier alpha value is -0.530. The SMILES string of the molecule is CCOC(=O)[C@@H]1CCCCC12CC2. The molecule has 2 fully saturated rings. The molecule has 0 aromatic carbocycles. The van der Waals surface area contributed by atoms with Crippen LogP contribution in [-0.4, -0.2) is 12.6 Å². The molecule has 0 unspecified atom stereocenters. The zero-order chi connectivity index (χ0) is 9.31. The quantitative estimate of drug-likeness (QED) is 0.613. The molecule has 0 aromatic rings. The van der Waals surface area contributed by atoms with Gasteiger partial charge in [-0.25, -0.2) is 0 Å². The number of carbonyl (C=O) groups excluding carboxylic acids is 1. The van der Waals surface area contributed by atoms with Crippen LogP contribution in [0.15, 0.2) is 0 Å². The monoisotopic (exact) mass is 182 g/mol. The predicted molar refractivity (Wildman–Crippen MR) is 50.3 cm³/mol. The van der Waals surface area contributed by atoms with Crippen LogP contribution in [0.1, 0.15) is 45.4 Å². The lowest BCUT2D eigenvalue weighted by Gasteiger charge is -2.29. The topological polar surface area (TPSA) is 26.3 Å². The van der Waals surface area contributed by atoms with E-state index in [9.17, 15) is 4.79 Å². The zero-order valence-electron chi connectivity index (χ0n) is 8.34. The number of esters is 1. The second kappa shape index (κ2) is 3.32. The molecule has 74 valence electrons. The summed E-state index contributed by atoms with van der Waals surface area (Å²) in [6, 6.07) is 0. The van der Waals surface area contributed by atoms with E-state index in [0.29, 0.717) is 12.0 Å². The first-order valence-corrected chi connectivity index (χ1v) is 5.45. The Balaban J connectivity index is 1.99. The van der Waals surface area contributed by atoms with Crippen molar-refractivity contribution in [3.8, 4) is 0 Å². The third-order valence-corrected chi connectivity index (χ3v) is 3.62. The maximum Gasteiger partial charge on any atom is 0.309 e. The van der Waals surface area contributed by atoms with Crippen LogP contribution in [0.4, 0.5) is 0 Å². The molecular formula is C11H18O2. The van der Waals surface area contributed by atoms with E-state index in [0.717, 1.165) is 6.42 Å². The fourth-order valence-electron chi connectivity index (χ4n) is 2.68. The summed E-state index contributed by atoms with van der Waals surface area (Å²) in [4.78, 5) is 11.6. The fraction of sp³-hybridized carbons (Fsp3) is 0.909. The number of carbonyl (C=O) groups is 1. The van der Waals surface area contributed by atoms with Crippen molar-refractivity contribution in [2.45, 2.75) is 45.4 Å². The molecule has 0 radical (unpaired) electrons. The van der Waals surface area contributed by atoms with Crippen molar-refractivity contribution in [1.82, 2.24) is 0 Å². The number of hydrogen-bond donors (Lipinski definition) is 0. The summed E-state index contributed by atoms with van der Waals surface area (Å²) in [5, 5.41) is 0. The summed E-state index contributed by atoms with van der Waals surface area (Å²) < 4.78 is 5.12. The molecule has 2 rings (SSSR count). The largest absolute Gasteiger partial charge is 0.466 e. The van der Waals surface area contributed by atoms with E-state index in [-0.39, 0.29) is 11.9 Å². The molecule has 2 aliphatic rings. The van der Waals surface area contributed by atoms with Crippen molar-refractivity contribution < 1.29 is 9.53 Å². The molecule has 2 heteroatoms. The van der Waals surface area contributed by atoms with Crippen LogP contribution in [-0.2, 0) is 9.53 Å². The molecule has 0 amide bonds. The van der Waals surface area contributed by atoms with Crippen LogP contribution in [0.2, 0.25) is 0 Å². The van der Waals surface area contributed by atoms with Gasteiger partial charge in [-0.2, -0.15) is 0 Å². The van der Waals surface area contributed by atoms with E-state index < -0.39 is 0 Å². The third kappa shape index (κ3) is 1.59. The minimum absolute atomic E-state index is 0.0692. The van der Waals surface area contributed by atoms with Gasteiger partial charge < -0.3 is 4.74 Å². The Morgan fingerprint density at radius 2 is 2.15 bits per heavy atom. The average molecular weight is 182 g/mol. The third-order valence-electron chi connectivity index (χ3n) is 3.62. The van der Waals surface area contributed by atoms with Crippen LogP contribution in [0.3, 0.4) is 0 Å². The summed E-state index contributed by atoms with van der Waals surface area (Å²) in [5.41, 5.74) is 0.393. The highest BCUT2D eigenvalue weighted by Gasteiger charge is 2.53. The first kappa shape index (κ1) is 9.04. The molecule has 0 bridgehead atoms. The first-order valence-electron chi connectivity index (χ1n) is 5.45. The summed E-state index contributed by atoms with van der Waals surface area (Å²) in [6.45, 7) is 2.42. The van der Waals surface area contributed by atoms with Gasteiger partial charge in [0.25, 0.3) is 0 Å².